The second-order valence-corrected chi connectivity index (χ2v) is 10.3. The van der Waals surface area contributed by atoms with E-state index in [1.165, 1.54) is 51.1 Å². The van der Waals surface area contributed by atoms with E-state index in [-0.39, 0.29) is 6.03 Å². The molecule has 0 unspecified atom stereocenters. The first kappa shape index (κ1) is 26.2. The van der Waals surface area contributed by atoms with Crippen LogP contribution in [0.4, 0.5) is 9.80 Å². The summed E-state index contributed by atoms with van der Waals surface area (Å²) in [5, 5.41) is 10.9. The normalized spacial score (nSPS) is 17.5. The first-order valence-corrected chi connectivity index (χ1v) is 13.5. The molecule has 3 N–H and O–H groups in total. The molecule has 2 amide bonds. The molecule has 0 spiro atoms. The molecule has 1 aliphatic heterocycles. The number of amides is 2. The quantitative estimate of drug-likeness (QED) is 0.329. The van der Waals surface area contributed by atoms with Crippen LogP contribution in [0.25, 0.3) is 0 Å². The van der Waals surface area contributed by atoms with E-state index in [0.29, 0.717) is 6.54 Å². The maximum absolute atomic E-state index is 13.0. The maximum Gasteiger partial charge on any atom is 0.320 e. The van der Waals surface area contributed by atoms with Gasteiger partial charge in [-0.25, -0.2) is 4.79 Å². The average Bonchev–Trinajstić information content (AvgIpc) is 3.15. The highest BCUT2D eigenvalue weighted by Gasteiger charge is 2.21. The fraction of sp³-hybridized carbons (Fsp3) is 0.483. The van der Waals surface area contributed by atoms with Crippen LogP contribution >= 0.6 is 11.3 Å². The van der Waals surface area contributed by atoms with E-state index in [1.807, 2.05) is 13.0 Å². The molecule has 1 aromatic heterocycles. The number of allylic oxidation sites excluding steroid dienone is 6. The lowest BCUT2D eigenvalue weighted by Crippen LogP contribution is -2.33. The van der Waals surface area contributed by atoms with Gasteiger partial charge in [0.05, 0.1) is 5.00 Å². The number of nitrogens with one attached hydrogen (secondary N) is 3. The van der Waals surface area contributed by atoms with Crippen LogP contribution in [0.2, 0.25) is 0 Å². The van der Waals surface area contributed by atoms with E-state index in [1.54, 1.807) is 11.3 Å². The zero-order chi connectivity index (χ0) is 24.5. The van der Waals surface area contributed by atoms with Gasteiger partial charge in [0.25, 0.3) is 0 Å². The number of anilines is 1. The first-order valence-electron chi connectivity index (χ1n) is 12.7. The summed E-state index contributed by atoms with van der Waals surface area (Å²) in [4.78, 5) is 14.5. The summed E-state index contributed by atoms with van der Waals surface area (Å²) in [6, 6.07) is -0.126. The van der Waals surface area contributed by atoms with Crippen LogP contribution in [0.1, 0.15) is 68.9 Å². The van der Waals surface area contributed by atoms with E-state index in [4.69, 9.17) is 0 Å². The third-order valence-corrected chi connectivity index (χ3v) is 8.16. The number of fused-ring (bicyclic) bond motifs is 1. The predicted molar refractivity (Wildman–Crippen MR) is 148 cm³/mol. The van der Waals surface area contributed by atoms with Crippen molar-refractivity contribution in [1.29, 1.82) is 0 Å². The molecule has 0 bridgehead atoms. The standard InChI is InChI=1S/C29H41N3OS/c1-6-11-22(12-7-2)20(4)26(25-16-17-30-18-23(25)13-8-3)19-31-29(33)32-28-21(5)24-14-9-10-15-27(24)34-28/h6-7,11-12,30H,1,8-10,13-19H2,2-5H3,(H2,31,32,33)/b12-7-,22-11+,26-20+. The molecule has 1 aliphatic carbocycles. The van der Waals surface area contributed by atoms with Gasteiger partial charge in [-0.1, -0.05) is 49.8 Å². The third-order valence-electron chi connectivity index (χ3n) is 6.85. The summed E-state index contributed by atoms with van der Waals surface area (Å²) in [5.74, 6) is 0. The highest BCUT2D eigenvalue weighted by atomic mass is 32.1. The number of hydrogen-bond donors (Lipinski definition) is 3. The Labute approximate surface area is 210 Å². The SMILES string of the molecule is C=C/C=C(\C=C/C)C(/C)=C(\CNC(=O)Nc1sc2c(c1C)CCCC2)C1=C(CCC)CNCC1. The van der Waals surface area contributed by atoms with Gasteiger partial charge < -0.3 is 10.6 Å². The molecule has 4 nitrogen and oxygen atoms in total. The Hall–Kier alpha value is -2.37. The summed E-state index contributed by atoms with van der Waals surface area (Å²) in [6.07, 6.45) is 16.0. The molecule has 184 valence electrons. The molecule has 34 heavy (non-hydrogen) atoms. The van der Waals surface area contributed by atoms with Crippen molar-refractivity contribution in [1.82, 2.24) is 10.6 Å². The zero-order valence-electron chi connectivity index (χ0n) is 21.4. The number of thiophene rings is 1. The van der Waals surface area contributed by atoms with Crippen LogP contribution in [-0.4, -0.2) is 25.7 Å². The molecule has 2 aliphatic rings. The molecule has 0 radical (unpaired) electrons. The van der Waals surface area contributed by atoms with Crippen molar-refractivity contribution in [3.05, 3.63) is 74.8 Å². The van der Waals surface area contributed by atoms with Gasteiger partial charge in [0.2, 0.25) is 0 Å². The Morgan fingerprint density at radius 2 is 2.03 bits per heavy atom. The minimum absolute atomic E-state index is 0.126. The fourth-order valence-electron chi connectivity index (χ4n) is 5.05. The van der Waals surface area contributed by atoms with Crippen molar-refractivity contribution in [3.8, 4) is 0 Å². The van der Waals surface area contributed by atoms with Crippen molar-refractivity contribution in [2.75, 3.05) is 25.0 Å². The van der Waals surface area contributed by atoms with Gasteiger partial charge in [0.15, 0.2) is 0 Å². The van der Waals surface area contributed by atoms with Crippen molar-refractivity contribution in [2.45, 2.75) is 72.6 Å². The maximum atomic E-state index is 13.0. The van der Waals surface area contributed by atoms with Crippen molar-refractivity contribution in [3.63, 3.8) is 0 Å². The molecular formula is C29H41N3OS. The highest BCUT2D eigenvalue weighted by Crippen LogP contribution is 2.37. The molecule has 0 saturated heterocycles. The van der Waals surface area contributed by atoms with E-state index in [2.05, 4.69) is 61.5 Å². The van der Waals surface area contributed by atoms with Crippen LogP contribution in [-0.2, 0) is 12.8 Å². The fourth-order valence-corrected chi connectivity index (χ4v) is 6.34. The Kier molecular flexibility index (Phi) is 9.97. The Morgan fingerprint density at radius 3 is 2.74 bits per heavy atom. The lowest BCUT2D eigenvalue weighted by atomic mass is 9.87. The van der Waals surface area contributed by atoms with Gasteiger partial charge >= 0.3 is 6.03 Å². The minimum atomic E-state index is -0.126. The molecular weight excluding hydrogens is 438 g/mol. The van der Waals surface area contributed by atoms with Crippen molar-refractivity contribution >= 4 is 22.4 Å². The van der Waals surface area contributed by atoms with Crippen molar-refractivity contribution in [2.24, 2.45) is 0 Å². The molecule has 2 heterocycles. The van der Waals surface area contributed by atoms with Gasteiger partial charge in [-0.2, -0.15) is 0 Å². The molecule has 5 heteroatoms. The lowest BCUT2D eigenvalue weighted by molar-refractivity contribution is 0.253. The third kappa shape index (κ3) is 6.39. The number of carbonyl (C=O) groups is 1. The van der Waals surface area contributed by atoms with Crippen LogP contribution in [0.15, 0.2) is 58.7 Å². The van der Waals surface area contributed by atoms with E-state index < -0.39 is 0 Å². The smallest absolute Gasteiger partial charge is 0.320 e. The van der Waals surface area contributed by atoms with Crippen LogP contribution in [0.3, 0.4) is 0 Å². The zero-order valence-corrected chi connectivity index (χ0v) is 22.2. The first-order chi connectivity index (χ1) is 16.5. The summed E-state index contributed by atoms with van der Waals surface area (Å²) in [5.41, 5.74) is 9.14. The van der Waals surface area contributed by atoms with Crippen LogP contribution in [0, 0.1) is 6.92 Å². The number of aryl methyl sites for hydroxylation is 1. The highest BCUT2D eigenvalue weighted by molar-refractivity contribution is 7.16. The summed E-state index contributed by atoms with van der Waals surface area (Å²) in [7, 11) is 0. The molecule has 0 aromatic carbocycles. The Bertz CT molecular complexity index is 1020. The minimum Gasteiger partial charge on any atom is -0.334 e. The van der Waals surface area contributed by atoms with Gasteiger partial charge in [-0.3, -0.25) is 5.32 Å². The Balaban J connectivity index is 1.86. The summed E-state index contributed by atoms with van der Waals surface area (Å²) in [6.45, 7) is 14.9. The molecule has 0 saturated carbocycles. The second-order valence-electron chi connectivity index (χ2n) is 9.19. The number of rotatable bonds is 9. The van der Waals surface area contributed by atoms with Crippen LogP contribution in [0.5, 0.6) is 0 Å². The van der Waals surface area contributed by atoms with Crippen molar-refractivity contribution < 1.29 is 4.79 Å². The number of urea groups is 1. The monoisotopic (exact) mass is 479 g/mol. The van der Waals surface area contributed by atoms with Gasteiger partial charge in [0.1, 0.15) is 0 Å². The summed E-state index contributed by atoms with van der Waals surface area (Å²) < 4.78 is 0. The van der Waals surface area contributed by atoms with E-state index in [9.17, 15) is 4.79 Å². The summed E-state index contributed by atoms with van der Waals surface area (Å²) >= 11 is 1.75. The number of hydrogen-bond acceptors (Lipinski definition) is 3. The number of carbonyl (C=O) groups excluding carboxylic acids is 1. The van der Waals surface area contributed by atoms with E-state index in [0.717, 1.165) is 55.8 Å². The molecule has 0 fully saturated rings. The van der Waals surface area contributed by atoms with Gasteiger partial charge in [-0.15, -0.1) is 11.3 Å². The largest absolute Gasteiger partial charge is 0.334 e. The molecule has 3 rings (SSSR count). The predicted octanol–water partition coefficient (Wildman–Crippen LogP) is 7.15. The Morgan fingerprint density at radius 1 is 1.24 bits per heavy atom. The molecule has 1 aromatic rings. The molecule has 0 atom stereocenters. The second kappa shape index (κ2) is 12.9. The van der Waals surface area contributed by atoms with Crippen LogP contribution < -0.4 is 16.0 Å². The average molecular weight is 480 g/mol. The van der Waals surface area contributed by atoms with E-state index >= 15 is 0 Å². The van der Waals surface area contributed by atoms with Gasteiger partial charge in [0, 0.05) is 18.0 Å². The lowest BCUT2D eigenvalue weighted by Gasteiger charge is -2.26. The van der Waals surface area contributed by atoms with Gasteiger partial charge in [-0.05, 0) is 99.3 Å². The topological polar surface area (TPSA) is 53.2 Å².